The standard InChI is InChI=1S/C13H11ClF3N3OS/c1-20-12(22-7-8-4-2-3-5-10(8)14)9(6-18-21)11(19-20)13(15,16)17/h2-6,21H,7H2,1H3/b18-6+. The van der Waals surface area contributed by atoms with Gasteiger partial charge in [-0.3, -0.25) is 4.68 Å². The lowest BCUT2D eigenvalue weighted by Gasteiger charge is -2.06. The second-order valence-corrected chi connectivity index (χ2v) is 5.68. The Bertz CT molecular complexity index is 700. The molecule has 0 radical (unpaired) electrons. The SMILES string of the molecule is Cn1nc(C(F)(F)F)c(/C=N/O)c1SCc1ccccc1Cl. The highest BCUT2D eigenvalue weighted by Gasteiger charge is 2.38. The van der Waals surface area contributed by atoms with Crippen LogP contribution in [0.1, 0.15) is 16.8 Å². The number of hydrogen-bond donors (Lipinski definition) is 1. The van der Waals surface area contributed by atoms with Gasteiger partial charge in [-0.2, -0.15) is 18.3 Å². The van der Waals surface area contributed by atoms with Gasteiger partial charge in [0.2, 0.25) is 0 Å². The van der Waals surface area contributed by atoms with Crippen molar-refractivity contribution in [1.82, 2.24) is 9.78 Å². The van der Waals surface area contributed by atoms with E-state index < -0.39 is 11.9 Å². The summed E-state index contributed by atoms with van der Waals surface area (Å²) in [6.07, 6.45) is -3.89. The molecule has 0 unspecified atom stereocenters. The van der Waals surface area contributed by atoms with Crippen LogP contribution in [0, 0.1) is 0 Å². The Kier molecular flexibility index (Phi) is 5.02. The van der Waals surface area contributed by atoms with Crippen LogP contribution in [0.3, 0.4) is 0 Å². The quantitative estimate of drug-likeness (QED) is 0.389. The molecule has 0 spiro atoms. The predicted molar refractivity (Wildman–Crippen MR) is 78.6 cm³/mol. The number of aryl methyl sites for hydroxylation is 1. The Hall–Kier alpha value is -1.67. The van der Waals surface area contributed by atoms with Crippen LogP contribution in [0.25, 0.3) is 0 Å². The van der Waals surface area contributed by atoms with Crippen LogP contribution in [0.4, 0.5) is 13.2 Å². The minimum absolute atomic E-state index is 0.241. The number of hydrogen-bond acceptors (Lipinski definition) is 4. The minimum Gasteiger partial charge on any atom is -0.411 e. The summed E-state index contributed by atoms with van der Waals surface area (Å²) in [5.41, 5.74) is -0.570. The second kappa shape index (κ2) is 6.62. The molecule has 9 heteroatoms. The van der Waals surface area contributed by atoms with Gasteiger partial charge in [0.15, 0.2) is 5.69 Å². The first kappa shape index (κ1) is 16.7. The average molecular weight is 350 g/mol. The zero-order valence-corrected chi connectivity index (χ0v) is 12.9. The van der Waals surface area contributed by atoms with E-state index in [2.05, 4.69) is 10.3 Å². The first-order valence-electron chi connectivity index (χ1n) is 6.02. The van der Waals surface area contributed by atoms with Gasteiger partial charge < -0.3 is 5.21 Å². The Morgan fingerprint density at radius 3 is 2.68 bits per heavy atom. The lowest BCUT2D eigenvalue weighted by Crippen LogP contribution is -2.09. The van der Waals surface area contributed by atoms with E-state index >= 15 is 0 Å². The van der Waals surface area contributed by atoms with Crippen molar-refractivity contribution in [2.75, 3.05) is 0 Å². The van der Waals surface area contributed by atoms with Crippen molar-refractivity contribution in [3.8, 4) is 0 Å². The van der Waals surface area contributed by atoms with Crippen LogP contribution in [-0.4, -0.2) is 21.2 Å². The molecule has 0 aliphatic rings. The summed E-state index contributed by atoms with van der Waals surface area (Å²) in [6.45, 7) is 0. The molecular weight excluding hydrogens is 339 g/mol. The average Bonchev–Trinajstić information content (AvgIpc) is 2.75. The fourth-order valence-corrected chi connectivity index (χ4v) is 3.20. The van der Waals surface area contributed by atoms with Gasteiger partial charge in [0.1, 0.15) is 5.03 Å². The first-order valence-corrected chi connectivity index (χ1v) is 7.38. The second-order valence-electron chi connectivity index (χ2n) is 4.31. The maximum atomic E-state index is 12.9. The molecule has 0 saturated heterocycles. The number of aromatic nitrogens is 2. The number of benzene rings is 1. The molecule has 4 nitrogen and oxygen atoms in total. The van der Waals surface area contributed by atoms with E-state index in [4.69, 9.17) is 16.8 Å². The third kappa shape index (κ3) is 3.56. The molecule has 1 aromatic carbocycles. The van der Waals surface area contributed by atoms with Crippen molar-refractivity contribution >= 4 is 29.6 Å². The molecule has 2 aromatic rings. The largest absolute Gasteiger partial charge is 0.435 e. The van der Waals surface area contributed by atoms with Crippen molar-refractivity contribution < 1.29 is 18.4 Å². The molecule has 22 heavy (non-hydrogen) atoms. The van der Waals surface area contributed by atoms with Gasteiger partial charge in [0.25, 0.3) is 0 Å². The molecule has 0 amide bonds. The number of halogens is 4. The molecule has 0 aliphatic heterocycles. The van der Waals surface area contributed by atoms with Crippen LogP contribution in [0.5, 0.6) is 0 Å². The van der Waals surface area contributed by atoms with Crippen molar-refractivity contribution in [2.24, 2.45) is 12.2 Å². The highest BCUT2D eigenvalue weighted by atomic mass is 35.5. The third-order valence-electron chi connectivity index (χ3n) is 2.81. The zero-order chi connectivity index (χ0) is 16.3. The Morgan fingerprint density at radius 2 is 2.09 bits per heavy atom. The van der Waals surface area contributed by atoms with Gasteiger partial charge in [-0.1, -0.05) is 35.0 Å². The highest BCUT2D eigenvalue weighted by Crippen LogP contribution is 2.36. The van der Waals surface area contributed by atoms with Crippen molar-refractivity contribution in [1.29, 1.82) is 0 Å². The summed E-state index contributed by atoms with van der Waals surface area (Å²) < 4.78 is 39.9. The molecular formula is C13H11ClF3N3OS. The summed E-state index contributed by atoms with van der Waals surface area (Å²) in [4.78, 5) is 0. The fraction of sp³-hybridized carbons (Fsp3) is 0.231. The topological polar surface area (TPSA) is 50.4 Å². The number of nitrogens with zero attached hydrogens (tertiary/aromatic N) is 3. The van der Waals surface area contributed by atoms with Crippen LogP contribution >= 0.6 is 23.4 Å². The van der Waals surface area contributed by atoms with E-state index in [0.717, 1.165) is 28.2 Å². The molecule has 2 rings (SSSR count). The highest BCUT2D eigenvalue weighted by molar-refractivity contribution is 7.98. The Balaban J connectivity index is 2.35. The molecule has 1 heterocycles. The van der Waals surface area contributed by atoms with E-state index in [1.165, 1.54) is 7.05 Å². The molecule has 0 saturated carbocycles. The third-order valence-corrected chi connectivity index (χ3v) is 4.39. The van der Waals surface area contributed by atoms with Gasteiger partial charge in [0.05, 0.1) is 11.8 Å². The van der Waals surface area contributed by atoms with Crippen LogP contribution < -0.4 is 0 Å². The van der Waals surface area contributed by atoms with Crippen LogP contribution in [-0.2, 0) is 19.0 Å². The van der Waals surface area contributed by atoms with E-state index in [0.29, 0.717) is 10.8 Å². The van der Waals surface area contributed by atoms with Gasteiger partial charge in [-0.05, 0) is 11.6 Å². The zero-order valence-electron chi connectivity index (χ0n) is 11.3. The lowest BCUT2D eigenvalue weighted by molar-refractivity contribution is -0.141. The maximum Gasteiger partial charge on any atom is 0.435 e. The van der Waals surface area contributed by atoms with Gasteiger partial charge in [-0.25, -0.2) is 0 Å². The van der Waals surface area contributed by atoms with Gasteiger partial charge in [0, 0.05) is 17.8 Å². The van der Waals surface area contributed by atoms with Crippen LogP contribution in [0.2, 0.25) is 5.02 Å². The number of oxime groups is 1. The normalized spacial score (nSPS) is 12.2. The summed E-state index contributed by atoms with van der Waals surface area (Å²) >= 11 is 7.16. The van der Waals surface area contributed by atoms with Crippen molar-refractivity contribution in [2.45, 2.75) is 17.0 Å². The maximum absolute atomic E-state index is 12.9. The number of thioether (sulfide) groups is 1. The molecule has 0 atom stereocenters. The monoisotopic (exact) mass is 349 g/mol. The molecule has 0 fully saturated rings. The summed E-state index contributed by atoms with van der Waals surface area (Å²) in [7, 11) is 1.40. The molecule has 0 bridgehead atoms. The molecule has 0 aliphatic carbocycles. The molecule has 1 aromatic heterocycles. The number of alkyl halides is 3. The van der Waals surface area contributed by atoms with Crippen molar-refractivity contribution in [3.05, 3.63) is 46.1 Å². The summed E-state index contributed by atoms with van der Waals surface area (Å²) in [5, 5.41) is 15.6. The predicted octanol–water partition coefficient (Wildman–Crippen LogP) is 4.19. The van der Waals surface area contributed by atoms with Gasteiger partial charge >= 0.3 is 6.18 Å². The minimum atomic E-state index is -4.63. The van der Waals surface area contributed by atoms with E-state index in [9.17, 15) is 13.2 Å². The van der Waals surface area contributed by atoms with Crippen molar-refractivity contribution in [3.63, 3.8) is 0 Å². The molecule has 1 N–H and O–H groups in total. The Labute approximate surface area is 133 Å². The van der Waals surface area contributed by atoms with E-state index in [1.807, 2.05) is 0 Å². The first-order chi connectivity index (χ1) is 10.3. The van der Waals surface area contributed by atoms with E-state index in [-0.39, 0.29) is 10.6 Å². The van der Waals surface area contributed by atoms with E-state index in [1.54, 1.807) is 24.3 Å². The van der Waals surface area contributed by atoms with Gasteiger partial charge in [-0.15, -0.1) is 11.8 Å². The summed E-state index contributed by atoms with van der Waals surface area (Å²) in [5.74, 6) is 0.364. The Morgan fingerprint density at radius 1 is 1.41 bits per heavy atom. The fourth-order valence-electron chi connectivity index (χ4n) is 1.84. The molecule has 118 valence electrons. The van der Waals surface area contributed by atoms with Crippen LogP contribution in [0.15, 0.2) is 34.4 Å². The smallest absolute Gasteiger partial charge is 0.411 e. The summed E-state index contributed by atoms with van der Waals surface area (Å²) in [6, 6.07) is 7.06. The lowest BCUT2D eigenvalue weighted by atomic mass is 10.2. The number of rotatable bonds is 4.